The number of sulfone groups is 1. The summed E-state index contributed by atoms with van der Waals surface area (Å²) in [7, 11) is -3.37. The van der Waals surface area contributed by atoms with Gasteiger partial charge in [0.2, 0.25) is 0 Å². The molecular formula is C14H19NO5S. The first-order valence-corrected chi connectivity index (χ1v) is 8.25. The van der Waals surface area contributed by atoms with Crippen LogP contribution in [0.25, 0.3) is 0 Å². The van der Waals surface area contributed by atoms with Gasteiger partial charge in [-0.05, 0) is 38.5 Å². The zero-order chi connectivity index (χ0) is 16.3. The van der Waals surface area contributed by atoms with Gasteiger partial charge in [0.25, 0.3) is 5.91 Å². The number of nitrogens with one attached hydrogen (secondary N) is 1. The Bertz CT molecular complexity index is 649. The molecule has 1 aromatic carbocycles. The quantitative estimate of drug-likeness (QED) is 0.825. The standard InChI is InChI=1S/C14H19NO5S/c1-14(2,13(17)18)7-8-15-12(16)10-5-4-6-11(9-10)21(3,19)20/h4-6,9H,7-8H2,1-3H3,(H,15,16)(H,17,18). The zero-order valence-corrected chi connectivity index (χ0v) is 13.0. The largest absolute Gasteiger partial charge is 0.481 e. The fourth-order valence-electron chi connectivity index (χ4n) is 1.57. The number of amides is 1. The lowest BCUT2D eigenvalue weighted by Gasteiger charge is -2.18. The maximum absolute atomic E-state index is 11.9. The van der Waals surface area contributed by atoms with Gasteiger partial charge in [0, 0.05) is 18.4 Å². The molecule has 7 heteroatoms. The van der Waals surface area contributed by atoms with Crippen molar-refractivity contribution in [2.45, 2.75) is 25.2 Å². The minimum absolute atomic E-state index is 0.0704. The third-order valence-corrected chi connectivity index (χ3v) is 4.25. The summed E-state index contributed by atoms with van der Waals surface area (Å²) < 4.78 is 22.9. The van der Waals surface area contributed by atoms with Gasteiger partial charge in [-0.2, -0.15) is 0 Å². The number of hydrogen-bond acceptors (Lipinski definition) is 4. The van der Waals surface area contributed by atoms with Gasteiger partial charge in [-0.3, -0.25) is 9.59 Å². The molecule has 1 rings (SSSR count). The zero-order valence-electron chi connectivity index (χ0n) is 12.2. The number of carbonyl (C=O) groups excluding carboxylic acids is 1. The first-order valence-electron chi connectivity index (χ1n) is 6.36. The Balaban J connectivity index is 2.72. The minimum Gasteiger partial charge on any atom is -0.481 e. The highest BCUT2D eigenvalue weighted by atomic mass is 32.2. The second kappa shape index (κ2) is 6.26. The third-order valence-electron chi connectivity index (χ3n) is 3.14. The number of hydrogen-bond donors (Lipinski definition) is 2. The molecule has 0 bridgehead atoms. The molecule has 0 radical (unpaired) electrons. The van der Waals surface area contributed by atoms with Crippen molar-refractivity contribution < 1.29 is 23.1 Å². The average Bonchev–Trinajstić information content (AvgIpc) is 2.37. The molecule has 0 aliphatic carbocycles. The molecule has 1 aromatic rings. The van der Waals surface area contributed by atoms with E-state index in [1.807, 2.05) is 0 Å². The van der Waals surface area contributed by atoms with Crippen LogP contribution in [0.15, 0.2) is 29.2 Å². The number of aliphatic carboxylic acids is 1. The molecule has 0 unspecified atom stereocenters. The van der Waals surface area contributed by atoms with Crippen molar-refractivity contribution >= 4 is 21.7 Å². The molecule has 0 spiro atoms. The van der Waals surface area contributed by atoms with Crippen molar-refractivity contribution in [1.29, 1.82) is 0 Å². The number of carboxylic acid groups (broad SMARTS) is 1. The van der Waals surface area contributed by atoms with Gasteiger partial charge in [-0.1, -0.05) is 6.07 Å². The highest BCUT2D eigenvalue weighted by Crippen LogP contribution is 2.19. The Morgan fingerprint density at radius 2 is 1.90 bits per heavy atom. The van der Waals surface area contributed by atoms with E-state index in [0.717, 1.165) is 6.26 Å². The molecule has 0 saturated carbocycles. The molecule has 0 aliphatic heterocycles. The van der Waals surface area contributed by atoms with E-state index in [-0.39, 0.29) is 23.4 Å². The fourth-order valence-corrected chi connectivity index (χ4v) is 2.23. The van der Waals surface area contributed by atoms with Crippen LogP contribution in [0.1, 0.15) is 30.6 Å². The van der Waals surface area contributed by atoms with Crippen LogP contribution in [-0.4, -0.2) is 38.2 Å². The van der Waals surface area contributed by atoms with Gasteiger partial charge < -0.3 is 10.4 Å². The molecule has 0 aliphatic rings. The van der Waals surface area contributed by atoms with E-state index in [0.29, 0.717) is 0 Å². The van der Waals surface area contributed by atoms with E-state index in [4.69, 9.17) is 5.11 Å². The first kappa shape index (κ1) is 17.2. The number of rotatable bonds is 6. The first-order chi connectivity index (χ1) is 9.54. The molecular weight excluding hydrogens is 294 g/mol. The monoisotopic (exact) mass is 313 g/mol. The Morgan fingerprint density at radius 3 is 2.43 bits per heavy atom. The van der Waals surface area contributed by atoms with Crippen molar-refractivity contribution in [3.8, 4) is 0 Å². The molecule has 6 nitrogen and oxygen atoms in total. The third kappa shape index (κ3) is 4.86. The summed E-state index contributed by atoms with van der Waals surface area (Å²) in [4.78, 5) is 22.9. The van der Waals surface area contributed by atoms with Gasteiger partial charge in [-0.25, -0.2) is 8.42 Å². The highest BCUT2D eigenvalue weighted by molar-refractivity contribution is 7.90. The van der Waals surface area contributed by atoms with Gasteiger partial charge >= 0.3 is 5.97 Å². The van der Waals surface area contributed by atoms with Crippen LogP contribution in [0.3, 0.4) is 0 Å². The lowest BCUT2D eigenvalue weighted by Crippen LogP contribution is -2.32. The predicted octanol–water partition coefficient (Wildman–Crippen LogP) is 1.32. The Kier molecular flexibility index (Phi) is 5.11. The molecule has 0 saturated heterocycles. The lowest BCUT2D eigenvalue weighted by atomic mass is 9.90. The van der Waals surface area contributed by atoms with E-state index in [9.17, 15) is 18.0 Å². The van der Waals surface area contributed by atoms with Crippen molar-refractivity contribution in [3.63, 3.8) is 0 Å². The molecule has 0 fully saturated rings. The van der Waals surface area contributed by atoms with Crippen molar-refractivity contribution in [2.24, 2.45) is 5.41 Å². The van der Waals surface area contributed by atoms with E-state index in [2.05, 4.69) is 5.32 Å². The Morgan fingerprint density at radius 1 is 1.29 bits per heavy atom. The maximum atomic E-state index is 11.9. The smallest absolute Gasteiger partial charge is 0.309 e. The average molecular weight is 313 g/mol. The second-order valence-corrected chi connectivity index (χ2v) is 7.51. The van der Waals surface area contributed by atoms with E-state index < -0.39 is 27.1 Å². The van der Waals surface area contributed by atoms with Crippen LogP contribution >= 0.6 is 0 Å². The van der Waals surface area contributed by atoms with E-state index in [1.165, 1.54) is 24.3 Å². The summed E-state index contributed by atoms with van der Waals surface area (Å²) in [5.74, 6) is -1.36. The highest BCUT2D eigenvalue weighted by Gasteiger charge is 2.26. The summed E-state index contributed by atoms with van der Waals surface area (Å²) in [5.41, 5.74) is -0.701. The Labute approximate surface area is 124 Å². The lowest BCUT2D eigenvalue weighted by molar-refractivity contribution is -0.147. The molecule has 116 valence electrons. The van der Waals surface area contributed by atoms with Crippen molar-refractivity contribution in [1.82, 2.24) is 5.32 Å². The van der Waals surface area contributed by atoms with Crippen LogP contribution in [0, 0.1) is 5.41 Å². The van der Waals surface area contributed by atoms with Crippen molar-refractivity contribution in [2.75, 3.05) is 12.8 Å². The molecule has 0 aromatic heterocycles. The summed E-state index contributed by atoms with van der Waals surface area (Å²) in [6, 6.07) is 5.71. The second-order valence-electron chi connectivity index (χ2n) is 5.49. The van der Waals surface area contributed by atoms with Crippen LogP contribution in [-0.2, 0) is 14.6 Å². The molecule has 2 N–H and O–H groups in total. The fraction of sp³-hybridized carbons (Fsp3) is 0.429. The summed E-state index contributed by atoms with van der Waals surface area (Å²) in [6.45, 7) is 3.35. The summed E-state index contributed by atoms with van der Waals surface area (Å²) in [6.07, 6.45) is 1.35. The Hall–Kier alpha value is -1.89. The molecule has 21 heavy (non-hydrogen) atoms. The number of benzene rings is 1. The topological polar surface area (TPSA) is 101 Å². The van der Waals surface area contributed by atoms with E-state index >= 15 is 0 Å². The number of carboxylic acids is 1. The van der Waals surface area contributed by atoms with Crippen LogP contribution in [0.5, 0.6) is 0 Å². The van der Waals surface area contributed by atoms with Gasteiger partial charge in [0.1, 0.15) is 0 Å². The van der Waals surface area contributed by atoms with Gasteiger partial charge in [0.05, 0.1) is 10.3 Å². The van der Waals surface area contributed by atoms with E-state index in [1.54, 1.807) is 13.8 Å². The van der Waals surface area contributed by atoms with Crippen molar-refractivity contribution in [3.05, 3.63) is 29.8 Å². The minimum atomic E-state index is -3.37. The molecule has 0 heterocycles. The predicted molar refractivity (Wildman–Crippen MR) is 77.9 cm³/mol. The molecule has 0 atom stereocenters. The van der Waals surface area contributed by atoms with Gasteiger partial charge in [-0.15, -0.1) is 0 Å². The SMILES string of the molecule is CC(C)(CCNC(=O)c1cccc(S(C)(=O)=O)c1)C(=O)O. The van der Waals surface area contributed by atoms with Crippen LogP contribution in [0.4, 0.5) is 0 Å². The maximum Gasteiger partial charge on any atom is 0.309 e. The molecule has 1 amide bonds. The van der Waals surface area contributed by atoms with Crippen LogP contribution in [0.2, 0.25) is 0 Å². The summed E-state index contributed by atoms with van der Waals surface area (Å²) >= 11 is 0. The van der Waals surface area contributed by atoms with Gasteiger partial charge in [0.15, 0.2) is 9.84 Å². The normalized spacial score (nSPS) is 12.0. The summed E-state index contributed by atoms with van der Waals surface area (Å²) in [5, 5.41) is 11.6. The van der Waals surface area contributed by atoms with Crippen LogP contribution < -0.4 is 5.32 Å². The number of carbonyl (C=O) groups is 2.